The van der Waals surface area contributed by atoms with Crippen LogP contribution in [0.1, 0.15) is 0 Å². The van der Waals surface area contributed by atoms with Gasteiger partial charge in [0.2, 0.25) is 5.89 Å². The molecule has 0 saturated heterocycles. The van der Waals surface area contributed by atoms with Gasteiger partial charge in [0.25, 0.3) is 0 Å². The SMILES string of the molecule is CO.O=c1oc(-c2ccc(Cl)cc2)nc2cc[nH]c12. The molecular formula is C13H11ClN2O3. The van der Waals surface area contributed by atoms with Crippen molar-refractivity contribution in [3.63, 3.8) is 0 Å². The summed E-state index contributed by atoms with van der Waals surface area (Å²) in [7, 11) is 1.00. The van der Waals surface area contributed by atoms with Crippen LogP contribution in [0.2, 0.25) is 5.02 Å². The minimum atomic E-state index is -0.426. The van der Waals surface area contributed by atoms with E-state index in [4.69, 9.17) is 21.1 Å². The van der Waals surface area contributed by atoms with Crippen LogP contribution in [0.3, 0.4) is 0 Å². The molecule has 0 amide bonds. The Morgan fingerprint density at radius 3 is 2.58 bits per heavy atom. The predicted octanol–water partition coefficient (Wildman–Crippen LogP) is 2.44. The maximum Gasteiger partial charge on any atom is 0.363 e. The van der Waals surface area contributed by atoms with Gasteiger partial charge < -0.3 is 14.5 Å². The fourth-order valence-electron chi connectivity index (χ4n) is 1.60. The van der Waals surface area contributed by atoms with Gasteiger partial charge in [-0.3, -0.25) is 0 Å². The molecule has 6 heteroatoms. The van der Waals surface area contributed by atoms with Crippen molar-refractivity contribution in [1.82, 2.24) is 9.97 Å². The van der Waals surface area contributed by atoms with E-state index < -0.39 is 5.63 Å². The monoisotopic (exact) mass is 278 g/mol. The molecule has 0 saturated carbocycles. The van der Waals surface area contributed by atoms with E-state index in [1.54, 1.807) is 36.5 Å². The highest BCUT2D eigenvalue weighted by Crippen LogP contribution is 2.20. The van der Waals surface area contributed by atoms with Gasteiger partial charge in [-0.05, 0) is 30.3 Å². The maximum atomic E-state index is 11.6. The first-order valence-corrected chi connectivity index (χ1v) is 5.81. The topological polar surface area (TPSA) is 79.1 Å². The third-order valence-corrected chi connectivity index (χ3v) is 2.68. The molecule has 1 aromatic carbocycles. The fraction of sp³-hybridized carbons (Fsp3) is 0.0769. The van der Waals surface area contributed by atoms with Gasteiger partial charge in [-0.1, -0.05) is 11.6 Å². The molecule has 19 heavy (non-hydrogen) atoms. The van der Waals surface area contributed by atoms with Crippen LogP contribution in [0.5, 0.6) is 0 Å². The molecule has 3 aromatic rings. The molecule has 0 aliphatic rings. The van der Waals surface area contributed by atoms with Crippen LogP contribution >= 0.6 is 11.6 Å². The van der Waals surface area contributed by atoms with Crippen molar-refractivity contribution in [3.05, 3.63) is 52.0 Å². The lowest BCUT2D eigenvalue weighted by Gasteiger charge is -1.99. The number of fused-ring (bicyclic) bond motifs is 1. The number of nitrogens with one attached hydrogen (secondary N) is 1. The summed E-state index contributed by atoms with van der Waals surface area (Å²) in [5.74, 6) is 0.291. The van der Waals surface area contributed by atoms with Gasteiger partial charge in [0.15, 0.2) is 5.52 Å². The van der Waals surface area contributed by atoms with Gasteiger partial charge in [0.05, 0.1) is 5.52 Å². The van der Waals surface area contributed by atoms with E-state index in [2.05, 4.69) is 9.97 Å². The number of aromatic nitrogens is 2. The fourth-order valence-corrected chi connectivity index (χ4v) is 1.73. The molecule has 0 fully saturated rings. The number of rotatable bonds is 1. The number of aliphatic hydroxyl groups is 1. The average Bonchev–Trinajstić information content (AvgIpc) is 2.91. The summed E-state index contributed by atoms with van der Waals surface area (Å²) in [6.07, 6.45) is 1.65. The number of aliphatic hydroxyl groups excluding tert-OH is 1. The molecular weight excluding hydrogens is 268 g/mol. The lowest BCUT2D eigenvalue weighted by Crippen LogP contribution is -2.02. The molecule has 98 valence electrons. The summed E-state index contributed by atoms with van der Waals surface area (Å²) in [4.78, 5) is 18.7. The summed E-state index contributed by atoms with van der Waals surface area (Å²) in [6.45, 7) is 0. The number of aromatic amines is 1. The van der Waals surface area contributed by atoms with Crippen LogP contribution in [0.25, 0.3) is 22.5 Å². The quantitative estimate of drug-likeness (QED) is 0.716. The zero-order valence-electron chi connectivity index (χ0n) is 10.1. The highest BCUT2D eigenvalue weighted by atomic mass is 35.5. The number of benzene rings is 1. The van der Waals surface area contributed by atoms with Crippen molar-refractivity contribution in [3.8, 4) is 11.5 Å². The highest BCUT2D eigenvalue weighted by molar-refractivity contribution is 6.30. The number of nitrogens with zero attached hydrogens (tertiary/aromatic N) is 1. The summed E-state index contributed by atoms with van der Waals surface area (Å²) in [5, 5.41) is 7.62. The number of H-pyrrole nitrogens is 1. The zero-order valence-corrected chi connectivity index (χ0v) is 10.8. The van der Waals surface area contributed by atoms with Gasteiger partial charge in [0, 0.05) is 23.9 Å². The average molecular weight is 279 g/mol. The normalized spacial score (nSPS) is 10.1. The van der Waals surface area contributed by atoms with Crippen molar-refractivity contribution < 1.29 is 9.52 Å². The summed E-state index contributed by atoms with van der Waals surface area (Å²) >= 11 is 5.79. The Labute approximate surface area is 113 Å². The highest BCUT2D eigenvalue weighted by Gasteiger charge is 2.08. The molecule has 2 heterocycles. The number of hydrogen-bond acceptors (Lipinski definition) is 4. The Bertz CT molecular complexity index is 731. The summed E-state index contributed by atoms with van der Waals surface area (Å²) < 4.78 is 5.13. The van der Waals surface area contributed by atoms with Gasteiger partial charge in [-0.15, -0.1) is 0 Å². The van der Waals surface area contributed by atoms with Crippen molar-refractivity contribution >= 4 is 22.6 Å². The van der Waals surface area contributed by atoms with Crippen molar-refractivity contribution in [2.45, 2.75) is 0 Å². The van der Waals surface area contributed by atoms with Crippen LogP contribution in [-0.4, -0.2) is 22.2 Å². The van der Waals surface area contributed by atoms with Crippen molar-refractivity contribution in [1.29, 1.82) is 0 Å². The molecule has 2 aromatic heterocycles. The molecule has 0 aliphatic carbocycles. The van der Waals surface area contributed by atoms with Crippen molar-refractivity contribution in [2.75, 3.05) is 7.11 Å². The molecule has 0 spiro atoms. The minimum absolute atomic E-state index is 0.291. The second-order valence-corrected chi connectivity index (χ2v) is 3.99. The lowest BCUT2D eigenvalue weighted by molar-refractivity contribution is 0.399. The van der Waals surface area contributed by atoms with Gasteiger partial charge in [-0.2, -0.15) is 0 Å². The lowest BCUT2D eigenvalue weighted by atomic mass is 10.2. The second-order valence-electron chi connectivity index (χ2n) is 3.55. The van der Waals surface area contributed by atoms with E-state index in [9.17, 15) is 4.79 Å². The van der Waals surface area contributed by atoms with Crippen LogP contribution in [0.15, 0.2) is 45.7 Å². The number of halogens is 1. The Balaban J connectivity index is 0.000000637. The van der Waals surface area contributed by atoms with E-state index in [1.807, 2.05) is 0 Å². The molecule has 2 N–H and O–H groups in total. The van der Waals surface area contributed by atoms with E-state index >= 15 is 0 Å². The van der Waals surface area contributed by atoms with E-state index in [-0.39, 0.29) is 0 Å². The smallest absolute Gasteiger partial charge is 0.363 e. The zero-order chi connectivity index (χ0) is 13.8. The van der Waals surface area contributed by atoms with Gasteiger partial charge in [-0.25, -0.2) is 9.78 Å². The van der Waals surface area contributed by atoms with Crippen LogP contribution < -0.4 is 5.63 Å². The number of hydrogen-bond donors (Lipinski definition) is 2. The standard InChI is InChI=1S/C12H7ClN2O2.CH4O/c13-8-3-1-7(2-4-8)11-15-9-5-6-14-10(9)12(16)17-11;1-2/h1-6,14H;2H,1H3. The Kier molecular flexibility index (Phi) is 3.99. The molecule has 0 aliphatic heterocycles. The van der Waals surface area contributed by atoms with Gasteiger partial charge in [0.1, 0.15) is 0 Å². The van der Waals surface area contributed by atoms with Crippen LogP contribution in [0, 0.1) is 0 Å². The molecule has 0 radical (unpaired) electrons. The van der Waals surface area contributed by atoms with Crippen LogP contribution in [0.4, 0.5) is 0 Å². The Morgan fingerprint density at radius 1 is 1.21 bits per heavy atom. The van der Waals surface area contributed by atoms with E-state index in [0.717, 1.165) is 12.7 Å². The first-order valence-electron chi connectivity index (χ1n) is 5.43. The molecule has 3 rings (SSSR count). The minimum Gasteiger partial charge on any atom is -0.402 e. The second kappa shape index (κ2) is 5.69. The predicted molar refractivity (Wildman–Crippen MR) is 73.2 cm³/mol. The molecule has 0 unspecified atom stereocenters. The Hall–Kier alpha value is -2.11. The largest absolute Gasteiger partial charge is 0.402 e. The third-order valence-electron chi connectivity index (χ3n) is 2.43. The van der Waals surface area contributed by atoms with E-state index in [0.29, 0.717) is 21.9 Å². The molecule has 0 atom stereocenters. The summed E-state index contributed by atoms with van der Waals surface area (Å²) in [5.41, 5.74) is 1.26. The first-order chi connectivity index (χ1) is 9.24. The molecule has 5 nitrogen and oxygen atoms in total. The maximum absolute atomic E-state index is 11.6. The van der Waals surface area contributed by atoms with Crippen molar-refractivity contribution in [2.24, 2.45) is 0 Å². The Morgan fingerprint density at radius 2 is 1.89 bits per heavy atom. The molecule has 0 bridgehead atoms. The van der Waals surface area contributed by atoms with Crippen LogP contribution in [-0.2, 0) is 0 Å². The van der Waals surface area contributed by atoms with Gasteiger partial charge >= 0.3 is 5.63 Å². The first kappa shape index (κ1) is 13.3. The summed E-state index contributed by atoms with van der Waals surface area (Å²) in [6, 6.07) is 8.68. The third kappa shape index (κ3) is 2.67. The van der Waals surface area contributed by atoms with E-state index in [1.165, 1.54) is 0 Å².